The van der Waals surface area contributed by atoms with Crippen molar-refractivity contribution in [1.29, 1.82) is 0 Å². The number of rotatable bonds is 8. The van der Waals surface area contributed by atoms with E-state index in [-0.39, 0.29) is 36.6 Å². The van der Waals surface area contributed by atoms with Crippen LogP contribution in [0.5, 0.6) is 11.5 Å². The number of hydrogen-bond donors (Lipinski definition) is 3. The molecule has 1 rings (SSSR count). The summed E-state index contributed by atoms with van der Waals surface area (Å²) in [5, 5.41) is 14.1. The van der Waals surface area contributed by atoms with Crippen molar-refractivity contribution in [1.82, 2.24) is 5.32 Å². The fourth-order valence-corrected chi connectivity index (χ4v) is 2.05. The number of carbonyl (C=O) groups is 1. The minimum Gasteiger partial charge on any atom is -1.00 e. The van der Waals surface area contributed by atoms with Gasteiger partial charge in [0.25, 0.3) is 5.91 Å². The van der Waals surface area contributed by atoms with Gasteiger partial charge in [0.2, 0.25) is 0 Å². The highest BCUT2D eigenvalue weighted by Crippen LogP contribution is 2.27. The lowest BCUT2D eigenvalue weighted by atomic mass is 10.1. The number of nitrogens with two attached hydrogens (primary N) is 1. The largest absolute Gasteiger partial charge is 1.00 e. The van der Waals surface area contributed by atoms with E-state index in [9.17, 15) is 9.90 Å². The molecule has 7 heteroatoms. The molecule has 0 aliphatic rings. The molecule has 0 aliphatic carbocycles. The van der Waals surface area contributed by atoms with Gasteiger partial charge in [0, 0.05) is 11.1 Å². The van der Waals surface area contributed by atoms with Crippen molar-refractivity contribution in [2.45, 2.75) is 45.9 Å². The molecule has 6 nitrogen and oxygen atoms in total. The lowest BCUT2D eigenvalue weighted by Gasteiger charge is -2.20. The summed E-state index contributed by atoms with van der Waals surface area (Å²) >= 11 is 0. The first-order chi connectivity index (χ1) is 10.7. The van der Waals surface area contributed by atoms with E-state index in [1.54, 1.807) is 20.1 Å². The number of aliphatic hydroxyl groups is 1. The van der Waals surface area contributed by atoms with Gasteiger partial charge in [-0.15, -0.1) is 0 Å². The molecule has 0 saturated heterocycles. The molecule has 1 atom stereocenters. The number of methoxy groups -OCH3 is 1. The fraction of sp³-hybridized carbons (Fsp3) is 0.588. The summed E-state index contributed by atoms with van der Waals surface area (Å²) in [6.45, 7) is 8.86. The third-order valence-electron chi connectivity index (χ3n) is 2.99. The van der Waals surface area contributed by atoms with Gasteiger partial charge in [-0.25, -0.2) is 0 Å². The molecule has 24 heavy (non-hydrogen) atoms. The number of amides is 1. The summed E-state index contributed by atoms with van der Waals surface area (Å²) in [5.74, 6) is 0.959. The second-order valence-corrected chi connectivity index (χ2v) is 6.65. The summed E-state index contributed by atoms with van der Waals surface area (Å²) in [6, 6.07) is 5.61. The van der Waals surface area contributed by atoms with E-state index in [1.165, 1.54) is 0 Å². The minimum absolute atomic E-state index is 0. The molecule has 0 fully saturated rings. The zero-order valence-electron chi connectivity index (χ0n) is 15.1. The smallest absolute Gasteiger partial charge is 0.258 e. The fourth-order valence-electron chi connectivity index (χ4n) is 2.05. The molecule has 0 bridgehead atoms. The molecule has 0 saturated carbocycles. The van der Waals surface area contributed by atoms with Crippen LogP contribution >= 0.6 is 0 Å². The van der Waals surface area contributed by atoms with E-state index >= 15 is 0 Å². The second-order valence-electron chi connectivity index (χ2n) is 6.65. The van der Waals surface area contributed by atoms with Crippen LogP contribution in [0.4, 0.5) is 0 Å². The normalized spacial score (nSPS) is 12.1. The molecule has 0 aliphatic heterocycles. The number of benzene rings is 1. The van der Waals surface area contributed by atoms with Crippen LogP contribution in [-0.4, -0.2) is 42.9 Å². The Kier molecular flexibility index (Phi) is 9.73. The van der Waals surface area contributed by atoms with Gasteiger partial charge in [-0.2, -0.15) is 0 Å². The van der Waals surface area contributed by atoms with Gasteiger partial charge in [0.15, 0.2) is 18.1 Å². The van der Waals surface area contributed by atoms with Gasteiger partial charge < -0.3 is 37.6 Å². The number of nitrogens with one attached hydrogen (secondary N) is 1. The van der Waals surface area contributed by atoms with Crippen molar-refractivity contribution in [2.24, 2.45) is 0 Å². The van der Waals surface area contributed by atoms with Gasteiger partial charge in [0.05, 0.1) is 13.2 Å². The van der Waals surface area contributed by atoms with E-state index in [0.29, 0.717) is 18.0 Å². The Hall–Kier alpha value is -1.50. The van der Waals surface area contributed by atoms with Gasteiger partial charge in [0.1, 0.15) is 13.1 Å². The van der Waals surface area contributed by atoms with Crippen LogP contribution in [0.1, 0.15) is 33.3 Å². The van der Waals surface area contributed by atoms with Crippen LogP contribution in [0.15, 0.2) is 18.2 Å². The van der Waals surface area contributed by atoms with Crippen molar-refractivity contribution in [2.75, 3.05) is 20.3 Å². The predicted molar refractivity (Wildman–Crippen MR) is 88.6 cm³/mol. The maximum atomic E-state index is 11.8. The molecule has 1 aromatic carbocycles. The van der Waals surface area contributed by atoms with Crippen LogP contribution < -0.4 is 32.5 Å². The van der Waals surface area contributed by atoms with Crippen LogP contribution in [0, 0.1) is 0 Å². The summed E-state index contributed by atoms with van der Waals surface area (Å²) in [6.07, 6.45) is -0.333. The molecule has 1 unspecified atom stereocenters. The number of ether oxygens (including phenoxy) is 2. The molecule has 0 spiro atoms. The first-order valence-corrected chi connectivity index (χ1v) is 7.81. The van der Waals surface area contributed by atoms with Crippen molar-refractivity contribution < 1.29 is 37.1 Å². The highest BCUT2D eigenvalue weighted by atomic mass is 35.5. The maximum Gasteiger partial charge on any atom is 0.258 e. The lowest BCUT2D eigenvalue weighted by molar-refractivity contribution is -0.676. The van der Waals surface area contributed by atoms with E-state index in [2.05, 4.69) is 5.32 Å². The topological polar surface area (TPSA) is 84.4 Å². The molecule has 0 aromatic heterocycles. The average Bonchev–Trinajstić information content (AvgIpc) is 2.43. The highest BCUT2D eigenvalue weighted by Gasteiger charge is 2.15. The van der Waals surface area contributed by atoms with E-state index < -0.39 is 0 Å². The van der Waals surface area contributed by atoms with Gasteiger partial charge >= 0.3 is 0 Å². The Morgan fingerprint density at radius 3 is 2.54 bits per heavy atom. The third-order valence-corrected chi connectivity index (χ3v) is 2.99. The standard InChI is InChI=1S/C17H28N2O4.ClH/c1-12(20)9-18-10-13-6-7-14(15(8-13)22-5)23-11-16(21)19-17(2,3)4;/h6-8,12,18,20H,9-11H2,1-5H3,(H,19,21);1H. The molecule has 138 valence electrons. The van der Waals surface area contributed by atoms with Crippen molar-refractivity contribution in [3.63, 3.8) is 0 Å². The molecule has 1 amide bonds. The van der Waals surface area contributed by atoms with Gasteiger partial charge in [-0.3, -0.25) is 4.79 Å². The maximum absolute atomic E-state index is 11.8. The van der Waals surface area contributed by atoms with Crippen LogP contribution in [0.3, 0.4) is 0 Å². The molecule has 0 heterocycles. The first kappa shape index (κ1) is 22.5. The number of quaternary nitrogens is 1. The van der Waals surface area contributed by atoms with Gasteiger partial charge in [-0.1, -0.05) is 0 Å². The zero-order chi connectivity index (χ0) is 17.5. The van der Waals surface area contributed by atoms with Crippen LogP contribution in [0.25, 0.3) is 0 Å². The number of hydrogen-bond acceptors (Lipinski definition) is 4. The van der Waals surface area contributed by atoms with Crippen molar-refractivity contribution in [3.05, 3.63) is 23.8 Å². The summed E-state index contributed by atoms with van der Waals surface area (Å²) < 4.78 is 10.9. The minimum atomic E-state index is -0.333. The highest BCUT2D eigenvalue weighted by molar-refractivity contribution is 5.78. The van der Waals surface area contributed by atoms with E-state index in [0.717, 1.165) is 12.1 Å². The van der Waals surface area contributed by atoms with Gasteiger partial charge in [-0.05, 0) is 45.9 Å². The predicted octanol–water partition coefficient (Wildman–Crippen LogP) is -2.56. The second kappa shape index (κ2) is 10.4. The Bertz CT molecular complexity index is 516. The van der Waals surface area contributed by atoms with E-state index in [1.807, 2.05) is 38.2 Å². The monoisotopic (exact) mass is 360 g/mol. The quantitative estimate of drug-likeness (QED) is 0.476. The number of aliphatic hydroxyl groups excluding tert-OH is 1. The zero-order valence-corrected chi connectivity index (χ0v) is 15.8. The molecule has 1 aromatic rings. The summed E-state index contributed by atoms with van der Waals surface area (Å²) in [4.78, 5) is 11.8. The Morgan fingerprint density at radius 2 is 2.00 bits per heavy atom. The lowest BCUT2D eigenvalue weighted by Crippen LogP contribution is -3.00. The average molecular weight is 361 g/mol. The summed E-state index contributed by atoms with van der Waals surface area (Å²) in [7, 11) is 1.57. The summed E-state index contributed by atoms with van der Waals surface area (Å²) in [5.41, 5.74) is 0.780. The van der Waals surface area contributed by atoms with Crippen LogP contribution in [0.2, 0.25) is 0 Å². The van der Waals surface area contributed by atoms with Crippen LogP contribution in [-0.2, 0) is 11.3 Å². The molecular weight excluding hydrogens is 332 g/mol. The Balaban J connectivity index is 0.00000529. The van der Waals surface area contributed by atoms with E-state index in [4.69, 9.17) is 9.47 Å². The SMILES string of the molecule is COc1cc(C[NH2+]CC(C)O)ccc1OCC(=O)NC(C)(C)C.[Cl-]. The van der Waals surface area contributed by atoms with Crippen molar-refractivity contribution in [3.8, 4) is 11.5 Å². The Labute approximate surface area is 150 Å². The molecule has 0 radical (unpaired) electrons. The van der Waals surface area contributed by atoms with Crippen molar-refractivity contribution >= 4 is 5.91 Å². The Morgan fingerprint density at radius 1 is 1.33 bits per heavy atom. The number of halogens is 1. The third kappa shape index (κ3) is 8.96. The number of carbonyl (C=O) groups excluding carboxylic acids is 1. The molecule has 4 N–H and O–H groups in total. The molecular formula is C17H29ClN2O4. The first-order valence-electron chi connectivity index (χ1n) is 7.81.